The molecule has 0 aliphatic heterocycles. The molecule has 0 heterocycles. The van der Waals surface area contributed by atoms with Crippen LogP contribution in [-0.4, -0.2) is 25.5 Å². The molecule has 0 unspecified atom stereocenters. The minimum atomic E-state index is -4.11. The van der Waals surface area contributed by atoms with Crippen molar-refractivity contribution in [1.29, 1.82) is 0 Å². The average molecular weight is 456 g/mol. The Labute approximate surface area is 163 Å². The van der Waals surface area contributed by atoms with Gasteiger partial charge in [-0.25, -0.2) is 5.43 Å². The maximum Gasteiger partial charge on any atom is 0.358 e. The van der Waals surface area contributed by atoms with Gasteiger partial charge in [-0.05, 0) is 30.3 Å². The summed E-state index contributed by atoms with van der Waals surface area (Å²) in [4.78, 5) is 10.2. The van der Waals surface area contributed by atoms with E-state index >= 15 is 0 Å². The highest BCUT2D eigenvalue weighted by molar-refractivity contribution is 9.10. The number of hydrogen-bond donors (Lipinski definition) is 2. The van der Waals surface area contributed by atoms with Crippen LogP contribution in [0.1, 0.15) is 11.1 Å². The normalized spacial score (nSPS) is 12.1. The fraction of sp³-hybridized carbons (Fsp3) is 0.0667. The third-order valence-corrected chi connectivity index (χ3v) is 4.96. The second kappa shape index (κ2) is 8.60. The van der Waals surface area contributed by atoms with Crippen LogP contribution < -0.4 is 11.2 Å². The van der Waals surface area contributed by atoms with Gasteiger partial charge in [-0.2, -0.15) is 13.5 Å². The van der Waals surface area contributed by atoms with Gasteiger partial charge in [-0.3, -0.25) is 14.4 Å². The number of hydrazone groups is 1. The Bertz CT molecular complexity index is 1010. The van der Waals surface area contributed by atoms with Gasteiger partial charge in [0.25, 0.3) is 11.6 Å². The quantitative estimate of drug-likeness (QED) is 0.293. The molecule has 0 atom stereocenters. The zero-order valence-electron chi connectivity index (χ0n) is 13.9. The number of non-ortho nitro benzene ring substituents is 1. The summed E-state index contributed by atoms with van der Waals surface area (Å²) in [5.74, 6) is -0.427. The molecule has 142 valence electrons. The molecule has 2 aromatic carbocycles. The number of nitro benzene ring substituents is 1. The Morgan fingerprint density at radius 2 is 1.96 bits per heavy atom. The maximum absolute atomic E-state index is 12.0. The van der Waals surface area contributed by atoms with Gasteiger partial charge < -0.3 is 5.73 Å². The van der Waals surface area contributed by atoms with E-state index in [0.717, 1.165) is 5.56 Å². The van der Waals surface area contributed by atoms with Crippen LogP contribution in [0.25, 0.3) is 0 Å². The van der Waals surface area contributed by atoms with Gasteiger partial charge in [-0.1, -0.05) is 33.6 Å². The highest BCUT2D eigenvalue weighted by atomic mass is 79.9. The van der Waals surface area contributed by atoms with E-state index < -0.39 is 21.0 Å². The number of hydrogen-bond acceptors (Lipinski definition) is 7. The second-order valence-electron chi connectivity index (χ2n) is 5.15. The van der Waals surface area contributed by atoms with Crippen LogP contribution in [-0.2, 0) is 14.4 Å². The van der Waals surface area contributed by atoms with Gasteiger partial charge in [0.1, 0.15) is 4.90 Å². The van der Waals surface area contributed by atoms with Gasteiger partial charge in [0.05, 0.1) is 11.1 Å². The number of oxime groups is 1. The van der Waals surface area contributed by atoms with Crippen molar-refractivity contribution in [2.24, 2.45) is 16.0 Å². The van der Waals surface area contributed by atoms with Crippen molar-refractivity contribution in [2.45, 2.75) is 11.8 Å². The molecule has 0 bridgehead atoms. The van der Waals surface area contributed by atoms with Gasteiger partial charge >= 0.3 is 10.1 Å². The summed E-state index contributed by atoms with van der Waals surface area (Å²) < 4.78 is 29.0. The molecule has 0 aliphatic carbocycles. The topological polar surface area (TPSA) is 149 Å². The van der Waals surface area contributed by atoms with Gasteiger partial charge in [-0.15, -0.1) is 0 Å². The Hall–Kier alpha value is -2.99. The number of guanidine groups is 1. The van der Waals surface area contributed by atoms with Crippen molar-refractivity contribution in [3.8, 4) is 0 Å². The zero-order chi connectivity index (χ0) is 20.0. The number of benzene rings is 2. The fourth-order valence-electron chi connectivity index (χ4n) is 1.77. The summed E-state index contributed by atoms with van der Waals surface area (Å²) in [5.41, 5.74) is 8.91. The lowest BCUT2D eigenvalue weighted by Crippen LogP contribution is -2.28. The molecule has 3 N–H and O–H groups in total. The molecule has 27 heavy (non-hydrogen) atoms. The first-order chi connectivity index (χ1) is 12.7. The van der Waals surface area contributed by atoms with Crippen LogP contribution in [0.5, 0.6) is 0 Å². The smallest absolute Gasteiger partial charge is 0.358 e. The molecule has 0 aromatic heterocycles. The summed E-state index contributed by atoms with van der Waals surface area (Å²) in [6, 6.07) is 10.1. The minimum absolute atomic E-state index is 0.0753. The van der Waals surface area contributed by atoms with E-state index in [-0.39, 0.29) is 10.6 Å². The lowest BCUT2D eigenvalue weighted by molar-refractivity contribution is -0.384. The van der Waals surface area contributed by atoms with Crippen LogP contribution in [0.2, 0.25) is 0 Å². The van der Waals surface area contributed by atoms with E-state index in [2.05, 4.69) is 35.9 Å². The van der Waals surface area contributed by atoms with E-state index in [1.165, 1.54) is 36.5 Å². The Balaban J connectivity index is 2.04. The monoisotopic (exact) mass is 455 g/mol. The van der Waals surface area contributed by atoms with Crippen molar-refractivity contribution in [3.63, 3.8) is 0 Å². The van der Waals surface area contributed by atoms with E-state index in [9.17, 15) is 18.5 Å². The van der Waals surface area contributed by atoms with E-state index in [1.807, 2.05) is 6.92 Å². The number of rotatable bonds is 6. The molecule has 0 fully saturated rings. The molecule has 2 rings (SSSR count). The van der Waals surface area contributed by atoms with Crippen LogP contribution in [0, 0.1) is 17.0 Å². The van der Waals surface area contributed by atoms with E-state index in [4.69, 9.17) is 5.73 Å². The number of nitrogens with two attached hydrogens (primary N) is 1. The molecule has 0 aliphatic rings. The van der Waals surface area contributed by atoms with Gasteiger partial charge in [0.15, 0.2) is 0 Å². The van der Waals surface area contributed by atoms with E-state index in [0.29, 0.717) is 10.0 Å². The Morgan fingerprint density at radius 1 is 1.30 bits per heavy atom. The van der Waals surface area contributed by atoms with E-state index in [1.54, 1.807) is 12.1 Å². The lowest BCUT2D eigenvalue weighted by atomic mass is 10.2. The second-order valence-corrected chi connectivity index (χ2v) is 7.53. The molecular weight excluding hydrogens is 442 g/mol. The van der Waals surface area contributed by atoms with Crippen molar-refractivity contribution in [1.82, 2.24) is 5.43 Å². The molecule has 0 spiro atoms. The number of halogens is 1. The molecule has 0 saturated carbocycles. The van der Waals surface area contributed by atoms with Crippen molar-refractivity contribution < 1.29 is 17.6 Å². The largest absolute Gasteiger partial charge is 0.366 e. The van der Waals surface area contributed by atoms with Crippen molar-refractivity contribution >= 4 is 43.9 Å². The Kier molecular flexibility index (Phi) is 6.47. The Morgan fingerprint density at radius 3 is 2.59 bits per heavy atom. The SMILES string of the molecule is Cc1ccc(S(=O)(=O)ON=C(N)NN=Cc2cc([N+](=O)[O-])ccc2Br)cc1. The highest BCUT2D eigenvalue weighted by Crippen LogP contribution is 2.21. The molecule has 12 heteroatoms. The average Bonchev–Trinajstić information content (AvgIpc) is 2.62. The summed E-state index contributed by atoms with van der Waals surface area (Å²) in [5, 5.41) is 17.8. The van der Waals surface area contributed by atoms with Crippen molar-refractivity contribution in [2.75, 3.05) is 0 Å². The summed E-state index contributed by atoms with van der Waals surface area (Å²) in [6.45, 7) is 1.81. The predicted molar refractivity (Wildman–Crippen MR) is 103 cm³/mol. The number of nitrogens with zero attached hydrogens (tertiary/aromatic N) is 3. The molecule has 2 aromatic rings. The molecule has 10 nitrogen and oxygen atoms in total. The standard InChI is InChI=1S/C15H14BrN5O5S/c1-10-2-5-13(6-3-10)27(24,25)26-20-15(17)19-18-9-11-8-12(21(22)23)4-7-14(11)16/h2-9H,1H3,(H3,17,19,20). The zero-order valence-corrected chi connectivity index (χ0v) is 16.3. The predicted octanol–water partition coefficient (Wildman–Crippen LogP) is 2.22. The molecule has 0 amide bonds. The van der Waals surface area contributed by atoms with Gasteiger partial charge in [0, 0.05) is 22.2 Å². The van der Waals surface area contributed by atoms with Crippen LogP contribution in [0.3, 0.4) is 0 Å². The first-order valence-corrected chi connectivity index (χ1v) is 9.46. The maximum atomic E-state index is 12.0. The summed E-state index contributed by atoms with van der Waals surface area (Å²) in [6.07, 6.45) is 1.24. The van der Waals surface area contributed by atoms with Gasteiger partial charge in [0.2, 0.25) is 0 Å². The summed E-state index contributed by atoms with van der Waals surface area (Å²) in [7, 11) is -4.11. The number of aryl methyl sites for hydroxylation is 1. The summed E-state index contributed by atoms with van der Waals surface area (Å²) >= 11 is 3.23. The first-order valence-electron chi connectivity index (χ1n) is 7.26. The lowest BCUT2D eigenvalue weighted by Gasteiger charge is -2.03. The third-order valence-electron chi connectivity index (χ3n) is 3.12. The highest BCUT2D eigenvalue weighted by Gasteiger charge is 2.15. The molecular formula is C15H14BrN5O5S. The number of nitro groups is 1. The molecule has 0 radical (unpaired) electrons. The van der Waals surface area contributed by atoms with Crippen molar-refractivity contribution in [3.05, 3.63) is 68.2 Å². The van der Waals surface area contributed by atoms with Crippen LogP contribution in [0.15, 0.2) is 62.1 Å². The fourth-order valence-corrected chi connectivity index (χ4v) is 2.85. The number of nitrogens with one attached hydrogen (secondary N) is 1. The van der Waals surface area contributed by atoms with Crippen LogP contribution in [0.4, 0.5) is 5.69 Å². The third kappa shape index (κ3) is 5.76. The first kappa shape index (κ1) is 20.3. The van der Waals surface area contributed by atoms with Crippen LogP contribution >= 0.6 is 15.9 Å². The minimum Gasteiger partial charge on any atom is -0.366 e. The molecule has 0 saturated heterocycles.